The molecule has 214 valence electrons. The lowest BCUT2D eigenvalue weighted by molar-refractivity contribution is 0.150. The number of rotatable bonds is 8. The molecular formula is C31H34F2N6O2. The number of halogens is 2. The molecule has 1 saturated heterocycles. The van der Waals surface area contributed by atoms with E-state index in [1.165, 1.54) is 6.07 Å². The van der Waals surface area contributed by atoms with Gasteiger partial charge in [0.25, 0.3) is 0 Å². The summed E-state index contributed by atoms with van der Waals surface area (Å²) in [6, 6.07) is 16.3. The van der Waals surface area contributed by atoms with Crippen molar-refractivity contribution in [1.29, 1.82) is 0 Å². The minimum Gasteiger partial charge on any atom is -0.385 e. The van der Waals surface area contributed by atoms with Crippen LogP contribution in [0, 0.1) is 25.5 Å². The number of pyridine rings is 1. The molecule has 10 heteroatoms. The number of carbonyl (C=O) groups excluding carboxylic acids is 1. The third-order valence-corrected chi connectivity index (χ3v) is 7.70. The average Bonchev–Trinajstić information content (AvgIpc) is 3.45. The van der Waals surface area contributed by atoms with E-state index in [0.29, 0.717) is 24.4 Å². The summed E-state index contributed by atoms with van der Waals surface area (Å²) in [7, 11) is 3.58. The van der Waals surface area contributed by atoms with Crippen LogP contribution in [0.2, 0.25) is 0 Å². The monoisotopic (exact) mass is 560 g/mol. The molecule has 2 amide bonds. The minimum absolute atomic E-state index is 0.0801. The van der Waals surface area contributed by atoms with E-state index in [1.54, 1.807) is 24.1 Å². The molecule has 3 heterocycles. The first-order valence-corrected chi connectivity index (χ1v) is 13.6. The molecule has 0 radical (unpaired) electrons. The number of para-hydroxylation sites is 1. The van der Waals surface area contributed by atoms with Crippen molar-refractivity contribution in [3.63, 3.8) is 0 Å². The van der Waals surface area contributed by atoms with Crippen LogP contribution in [0.4, 0.5) is 19.4 Å². The second-order valence-electron chi connectivity index (χ2n) is 10.4. The second kappa shape index (κ2) is 12.2. The second-order valence-corrected chi connectivity index (χ2v) is 10.4. The molecule has 2 N–H and O–H groups in total. The van der Waals surface area contributed by atoms with Gasteiger partial charge < -0.3 is 10.1 Å². The zero-order valence-electron chi connectivity index (χ0n) is 23.6. The van der Waals surface area contributed by atoms with Gasteiger partial charge in [0.15, 0.2) is 11.6 Å². The Balaban J connectivity index is 1.45. The van der Waals surface area contributed by atoms with E-state index < -0.39 is 17.7 Å². The highest BCUT2D eigenvalue weighted by Crippen LogP contribution is 2.37. The number of hydrogen-bond donors (Lipinski definition) is 2. The Labute approximate surface area is 238 Å². The molecule has 41 heavy (non-hydrogen) atoms. The Morgan fingerprint density at radius 1 is 1.07 bits per heavy atom. The lowest BCUT2D eigenvalue weighted by Crippen LogP contribution is -2.41. The van der Waals surface area contributed by atoms with Crippen LogP contribution in [0.5, 0.6) is 0 Å². The van der Waals surface area contributed by atoms with E-state index in [0.717, 1.165) is 40.7 Å². The predicted molar refractivity (Wildman–Crippen MR) is 154 cm³/mol. The summed E-state index contributed by atoms with van der Waals surface area (Å²) in [6.07, 6.45) is 3.09. The lowest BCUT2D eigenvalue weighted by Gasteiger charge is -2.28. The molecule has 2 aromatic carbocycles. The Morgan fingerprint density at radius 2 is 1.85 bits per heavy atom. The topological polar surface area (TPSA) is 84.3 Å². The number of amides is 2. The molecule has 2 aromatic heterocycles. The number of nitrogens with one attached hydrogen (secondary N) is 2. The molecule has 0 aliphatic carbocycles. The predicted octanol–water partition coefficient (Wildman–Crippen LogP) is 5.80. The van der Waals surface area contributed by atoms with Crippen LogP contribution in [-0.2, 0) is 4.74 Å². The molecule has 1 aliphatic rings. The van der Waals surface area contributed by atoms with E-state index in [2.05, 4.69) is 20.5 Å². The van der Waals surface area contributed by atoms with Crippen molar-refractivity contribution in [2.75, 3.05) is 26.1 Å². The summed E-state index contributed by atoms with van der Waals surface area (Å²) in [4.78, 5) is 20.0. The van der Waals surface area contributed by atoms with Crippen molar-refractivity contribution >= 4 is 11.8 Å². The number of hydrogen-bond acceptors (Lipinski definition) is 5. The number of benzene rings is 2. The number of aromatic nitrogens is 3. The van der Waals surface area contributed by atoms with Crippen LogP contribution in [0.15, 0.2) is 66.9 Å². The quantitative estimate of drug-likeness (QED) is 0.285. The van der Waals surface area contributed by atoms with Crippen LogP contribution >= 0.6 is 0 Å². The normalized spacial score (nSPS) is 18.9. The summed E-state index contributed by atoms with van der Waals surface area (Å²) >= 11 is 0. The SMILES string of the molecule is COCC[C@@H]1C[C@@H](NC(=O)Nc2c(C)c(-c3ccnc(C)c3)nn2-c2ccccc2)[C@H](c2ccc(F)c(F)c2)N1C. The van der Waals surface area contributed by atoms with Gasteiger partial charge in [-0.15, -0.1) is 0 Å². The summed E-state index contributed by atoms with van der Waals surface area (Å²) < 4.78 is 35.0. The largest absolute Gasteiger partial charge is 0.385 e. The van der Waals surface area contributed by atoms with Crippen LogP contribution in [0.25, 0.3) is 16.9 Å². The van der Waals surface area contributed by atoms with Gasteiger partial charge in [-0.2, -0.15) is 5.10 Å². The minimum atomic E-state index is -0.916. The van der Waals surface area contributed by atoms with Gasteiger partial charge in [0.1, 0.15) is 5.82 Å². The fourth-order valence-corrected chi connectivity index (χ4v) is 5.65. The van der Waals surface area contributed by atoms with Gasteiger partial charge in [0.05, 0.1) is 23.5 Å². The van der Waals surface area contributed by atoms with Crippen LogP contribution in [-0.4, -0.2) is 58.5 Å². The average molecular weight is 561 g/mol. The van der Waals surface area contributed by atoms with Crippen molar-refractivity contribution in [1.82, 2.24) is 25.0 Å². The first kappa shape index (κ1) is 28.4. The van der Waals surface area contributed by atoms with E-state index in [9.17, 15) is 13.6 Å². The highest BCUT2D eigenvalue weighted by atomic mass is 19.2. The zero-order chi connectivity index (χ0) is 29.1. The van der Waals surface area contributed by atoms with Gasteiger partial charge in [-0.3, -0.25) is 15.2 Å². The molecule has 0 unspecified atom stereocenters. The van der Waals surface area contributed by atoms with Crippen LogP contribution in [0.3, 0.4) is 0 Å². The van der Waals surface area contributed by atoms with Gasteiger partial charge in [0.2, 0.25) is 0 Å². The van der Waals surface area contributed by atoms with E-state index >= 15 is 0 Å². The highest BCUT2D eigenvalue weighted by Gasteiger charge is 2.40. The summed E-state index contributed by atoms with van der Waals surface area (Å²) in [5, 5.41) is 11.0. The Kier molecular flexibility index (Phi) is 8.41. The number of aryl methyl sites for hydroxylation is 1. The summed E-state index contributed by atoms with van der Waals surface area (Å²) in [5.41, 5.74) is 4.67. The molecule has 8 nitrogen and oxygen atoms in total. The van der Waals surface area contributed by atoms with Gasteiger partial charge in [-0.05, 0) is 75.7 Å². The number of nitrogens with zero attached hydrogens (tertiary/aromatic N) is 4. The molecule has 0 saturated carbocycles. The van der Waals surface area contributed by atoms with Crippen molar-refractivity contribution in [2.45, 2.75) is 44.8 Å². The summed E-state index contributed by atoms with van der Waals surface area (Å²) in [5.74, 6) is -1.29. The molecule has 1 aliphatic heterocycles. The molecule has 5 rings (SSSR count). The fourth-order valence-electron chi connectivity index (χ4n) is 5.65. The standard InChI is InChI=1S/C31H34F2N6O2/c1-19-16-21(12-14-34-19)28-20(2)30(39(37-28)23-8-6-5-7-9-23)36-31(40)35-27-18-24(13-15-41-4)38(3)29(27)22-10-11-25(32)26(33)17-22/h5-12,14,16-17,24,27,29H,13,15,18H2,1-4H3,(H2,35,36,40)/t24-,27-,29+/m1/s1. The molecule has 3 atom stereocenters. The van der Waals surface area contributed by atoms with Gasteiger partial charge >= 0.3 is 6.03 Å². The molecule has 1 fully saturated rings. The maximum absolute atomic E-state index is 14.2. The Morgan fingerprint density at radius 3 is 2.56 bits per heavy atom. The fraction of sp³-hybridized carbons (Fsp3) is 0.323. The van der Waals surface area contributed by atoms with Gasteiger partial charge in [-0.25, -0.2) is 18.3 Å². The number of ether oxygens (including phenoxy) is 1. The molecular weight excluding hydrogens is 526 g/mol. The maximum Gasteiger partial charge on any atom is 0.320 e. The van der Waals surface area contributed by atoms with E-state index in [4.69, 9.17) is 9.84 Å². The Hall–Kier alpha value is -4.15. The smallest absolute Gasteiger partial charge is 0.320 e. The number of likely N-dealkylation sites (tertiary alicyclic amines) is 1. The lowest BCUT2D eigenvalue weighted by atomic mass is 9.99. The van der Waals surface area contributed by atoms with Crippen molar-refractivity contribution < 1.29 is 18.3 Å². The number of methoxy groups -OCH3 is 1. The van der Waals surface area contributed by atoms with Gasteiger partial charge in [-0.1, -0.05) is 24.3 Å². The number of anilines is 1. The number of urea groups is 1. The number of likely N-dealkylation sites (N-methyl/N-ethyl adjacent to an activating group) is 1. The molecule has 0 spiro atoms. The Bertz CT molecular complexity index is 1530. The van der Waals surface area contributed by atoms with Crippen molar-refractivity contribution in [2.24, 2.45) is 0 Å². The third-order valence-electron chi connectivity index (χ3n) is 7.70. The third kappa shape index (κ3) is 5.98. The van der Waals surface area contributed by atoms with Gasteiger partial charge in [0, 0.05) is 42.8 Å². The van der Waals surface area contributed by atoms with E-state index in [1.807, 2.05) is 63.4 Å². The first-order chi connectivity index (χ1) is 19.8. The molecule has 4 aromatic rings. The summed E-state index contributed by atoms with van der Waals surface area (Å²) in [6.45, 7) is 4.38. The maximum atomic E-state index is 14.2. The van der Waals surface area contributed by atoms with Crippen molar-refractivity contribution in [3.05, 3.63) is 95.3 Å². The first-order valence-electron chi connectivity index (χ1n) is 13.6. The zero-order valence-corrected chi connectivity index (χ0v) is 23.6. The molecule has 0 bridgehead atoms. The van der Waals surface area contributed by atoms with Crippen molar-refractivity contribution in [3.8, 4) is 16.9 Å². The number of carbonyl (C=O) groups is 1. The van der Waals surface area contributed by atoms with Crippen LogP contribution < -0.4 is 10.6 Å². The highest BCUT2D eigenvalue weighted by molar-refractivity contribution is 5.91. The van der Waals surface area contributed by atoms with E-state index in [-0.39, 0.29) is 18.1 Å². The van der Waals surface area contributed by atoms with Crippen LogP contribution in [0.1, 0.15) is 35.7 Å².